The zero-order chi connectivity index (χ0) is 13.8. The summed E-state index contributed by atoms with van der Waals surface area (Å²) < 4.78 is 0. The summed E-state index contributed by atoms with van der Waals surface area (Å²) in [7, 11) is 4.01. The van der Waals surface area contributed by atoms with Crippen LogP contribution < -0.4 is 11.1 Å². The van der Waals surface area contributed by atoms with Gasteiger partial charge < -0.3 is 16.0 Å². The number of aromatic nitrogens is 2. The van der Waals surface area contributed by atoms with Crippen molar-refractivity contribution in [3.05, 3.63) is 23.9 Å². The number of carbonyl (C=O) groups is 1. The lowest BCUT2D eigenvalue weighted by molar-refractivity contribution is 0.0949. The number of nitrogens with one attached hydrogen (secondary N) is 2. The summed E-state index contributed by atoms with van der Waals surface area (Å²) in [5.74, 6) is -0.171. The molecule has 0 aliphatic carbocycles. The van der Waals surface area contributed by atoms with E-state index in [1.54, 1.807) is 12.1 Å². The highest BCUT2D eigenvalue weighted by molar-refractivity contribution is 6.05. The number of fused-ring (bicyclic) bond motifs is 1. The van der Waals surface area contributed by atoms with Crippen LogP contribution in [0.15, 0.2) is 18.2 Å². The highest BCUT2D eigenvalue weighted by atomic mass is 16.1. The molecule has 2 aromatic rings. The van der Waals surface area contributed by atoms with E-state index in [2.05, 4.69) is 20.4 Å². The minimum absolute atomic E-state index is 0.171. The maximum atomic E-state index is 12.0. The maximum absolute atomic E-state index is 12.0. The van der Waals surface area contributed by atoms with Gasteiger partial charge in [-0.25, -0.2) is 0 Å². The Kier molecular flexibility index (Phi) is 4.01. The minimum atomic E-state index is -0.171. The molecule has 0 atom stereocenters. The van der Waals surface area contributed by atoms with Crippen LogP contribution in [0.2, 0.25) is 0 Å². The molecular weight excluding hydrogens is 242 g/mol. The molecule has 6 heteroatoms. The molecule has 0 radical (unpaired) electrons. The fourth-order valence-electron chi connectivity index (χ4n) is 1.89. The lowest BCUT2D eigenvalue weighted by Crippen LogP contribution is -2.27. The van der Waals surface area contributed by atoms with E-state index < -0.39 is 0 Å². The van der Waals surface area contributed by atoms with E-state index in [0.29, 0.717) is 17.9 Å². The van der Waals surface area contributed by atoms with Gasteiger partial charge in [0.15, 0.2) is 5.69 Å². The van der Waals surface area contributed by atoms with Gasteiger partial charge in [-0.1, -0.05) is 0 Å². The Hall–Kier alpha value is -2.08. The Morgan fingerprint density at radius 1 is 1.47 bits per heavy atom. The van der Waals surface area contributed by atoms with Gasteiger partial charge >= 0.3 is 0 Å². The van der Waals surface area contributed by atoms with Crippen molar-refractivity contribution in [2.75, 3.05) is 32.9 Å². The smallest absolute Gasteiger partial charge is 0.272 e. The molecule has 0 spiro atoms. The number of hydrogen-bond acceptors (Lipinski definition) is 4. The first-order valence-electron chi connectivity index (χ1n) is 6.24. The number of benzene rings is 1. The Bertz CT molecular complexity index is 575. The number of carbonyl (C=O) groups excluding carboxylic acids is 1. The number of nitrogens with two attached hydrogens (primary N) is 1. The molecule has 0 aliphatic rings. The molecule has 6 nitrogen and oxygen atoms in total. The maximum Gasteiger partial charge on any atom is 0.272 e. The van der Waals surface area contributed by atoms with Crippen LogP contribution in [0.3, 0.4) is 0 Å². The van der Waals surface area contributed by atoms with Crippen molar-refractivity contribution in [3.63, 3.8) is 0 Å². The number of anilines is 1. The second kappa shape index (κ2) is 5.71. The van der Waals surface area contributed by atoms with E-state index in [4.69, 9.17) is 5.73 Å². The molecule has 4 N–H and O–H groups in total. The van der Waals surface area contributed by atoms with Crippen molar-refractivity contribution >= 4 is 22.5 Å². The van der Waals surface area contributed by atoms with Crippen molar-refractivity contribution in [3.8, 4) is 0 Å². The second-order valence-corrected chi connectivity index (χ2v) is 4.79. The number of nitrogen functional groups attached to an aromatic ring is 1. The highest BCUT2D eigenvalue weighted by Gasteiger charge is 2.13. The fourth-order valence-corrected chi connectivity index (χ4v) is 1.89. The van der Waals surface area contributed by atoms with Crippen LogP contribution in [-0.2, 0) is 0 Å². The lowest BCUT2D eigenvalue weighted by Gasteiger charge is -2.09. The Morgan fingerprint density at radius 3 is 3.00 bits per heavy atom. The molecule has 1 heterocycles. The van der Waals surface area contributed by atoms with Crippen molar-refractivity contribution in [1.82, 2.24) is 20.4 Å². The topological polar surface area (TPSA) is 87.0 Å². The van der Waals surface area contributed by atoms with Gasteiger partial charge in [0.25, 0.3) is 5.91 Å². The predicted octanol–water partition coefficient (Wildman–Crippen LogP) is 0.827. The molecular formula is C13H19N5O. The van der Waals surface area contributed by atoms with Gasteiger partial charge in [0.05, 0.1) is 5.52 Å². The van der Waals surface area contributed by atoms with E-state index >= 15 is 0 Å². The predicted molar refractivity (Wildman–Crippen MR) is 76.0 cm³/mol. The van der Waals surface area contributed by atoms with E-state index in [1.807, 2.05) is 20.2 Å². The van der Waals surface area contributed by atoms with E-state index in [1.165, 1.54) is 0 Å². The van der Waals surface area contributed by atoms with Crippen LogP contribution in [-0.4, -0.2) is 48.2 Å². The molecule has 0 aliphatic heterocycles. The third-order valence-corrected chi connectivity index (χ3v) is 2.87. The first-order valence-corrected chi connectivity index (χ1v) is 6.24. The zero-order valence-electron chi connectivity index (χ0n) is 11.2. The molecule has 0 fully saturated rings. The third kappa shape index (κ3) is 3.23. The molecule has 0 unspecified atom stereocenters. The summed E-state index contributed by atoms with van der Waals surface area (Å²) in [5, 5.41) is 10.5. The molecule has 102 valence electrons. The van der Waals surface area contributed by atoms with Crippen LogP contribution in [0.4, 0.5) is 5.69 Å². The Labute approximate surface area is 112 Å². The summed E-state index contributed by atoms with van der Waals surface area (Å²) in [4.78, 5) is 14.1. The number of rotatable bonds is 5. The van der Waals surface area contributed by atoms with Crippen LogP contribution in [0.25, 0.3) is 10.9 Å². The average Bonchev–Trinajstić information content (AvgIpc) is 2.77. The molecule has 0 saturated carbocycles. The van der Waals surface area contributed by atoms with Gasteiger partial charge in [0, 0.05) is 17.6 Å². The number of hydrogen-bond donors (Lipinski definition) is 3. The van der Waals surface area contributed by atoms with Gasteiger partial charge in [0.2, 0.25) is 0 Å². The first-order chi connectivity index (χ1) is 9.08. The van der Waals surface area contributed by atoms with E-state index in [9.17, 15) is 4.79 Å². The Balaban J connectivity index is 2.03. The summed E-state index contributed by atoms with van der Waals surface area (Å²) in [6, 6.07) is 5.35. The number of H-pyrrole nitrogens is 1. The van der Waals surface area contributed by atoms with Gasteiger partial charge in [-0.05, 0) is 45.3 Å². The molecule has 2 rings (SSSR count). The standard InChI is InChI=1S/C13H19N5O/c1-18(2)7-3-6-15-13(19)12-10-8-9(14)4-5-11(10)16-17-12/h4-5,8H,3,6-7,14H2,1-2H3,(H,15,19)(H,16,17). The number of amides is 1. The van der Waals surface area contributed by atoms with Gasteiger partial charge in [-0.3, -0.25) is 9.89 Å². The monoisotopic (exact) mass is 261 g/mol. The third-order valence-electron chi connectivity index (χ3n) is 2.87. The SMILES string of the molecule is CN(C)CCCNC(=O)c1n[nH]c2ccc(N)cc12. The average molecular weight is 261 g/mol. The van der Waals surface area contributed by atoms with E-state index in [-0.39, 0.29) is 5.91 Å². The summed E-state index contributed by atoms with van der Waals surface area (Å²) in [6.07, 6.45) is 0.906. The normalized spacial score (nSPS) is 11.1. The summed E-state index contributed by atoms with van der Waals surface area (Å²) >= 11 is 0. The zero-order valence-corrected chi connectivity index (χ0v) is 11.2. The van der Waals surface area contributed by atoms with Crippen LogP contribution in [0.5, 0.6) is 0 Å². The van der Waals surface area contributed by atoms with Crippen molar-refractivity contribution in [2.24, 2.45) is 0 Å². The first kappa shape index (κ1) is 13.4. The second-order valence-electron chi connectivity index (χ2n) is 4.79. The molecule has 0 bridgehead atoms. The molecule has 1 amide bonds. The quantitative estimate of drug-likeness (QED) is 0.549. The van der Waals surface area contributed by atoms with Crippen molar-refractivity contribution in [1.29, 1.82) is 0 Å². The van der Waals surface area contributed by atoms with Crippen LogP contribution in [0, 0.1) is 0 Å². The van der Waals surface area contributed by atoms with E-state index in [0.717, 1.165) is 23.9 Å². The Morgan fingerprint density at radius 2 is 2.26 bits per heavy atom. The molecule has 0 saturated heterocycles. The van der Waals surface area contributed by atoms with Gasteiger partial charge in [-0.2, -0.15) is 5.10 Å². The van der Waals surface area contributed by atoms with Crippen molar-refractivity contribution in [2.45, 2.75) is 6.42 Å². The summed E-state index contributed by atoms with van der Waals surface area (Å²) in [5.41, 5.74) is 7.56. The number of aromatic amines is 1. The summed E-state index contributed by atoms with van der Waals surface area (Å²) in [6.45, 7) is 1.57. The fraction of sp³-hybridized carbons (Fsp3) is 0.385. The molecule has 1 aromatic heterocycles. The largest absolute Gasteiger partial charge is 0.399 e. The highest BCUT2D eigenvalue weighted by Crippen LogP contribution is 2.18. The van der Waals surface area contributed by atoms with Gasteiger partial charge in [-0.15, -0.1) is 0 Å². The minimum Gasteiger partial charge on any atom is -0.399 e. The lowest BCUT2D eigenvalue weighted by atomic mass is 10.2. The van der Waals surface area contributed by atoms with Crippen LogP contribution >= 0.6 is 0 Å². The van der Waals surface area contributed by atoms with Crippen LogP contribution in [0.1, 0.15) is 16.9 Å². The molecule has 19 heavy (non-hydrogen) atoms. The van der Waals surface area contributed by atoms with Crippen molar-refractivity contribution < 1.29 is 4.79 Å². The molecule has 1 aromatic carbocycles. The number of nitrogens with zero attached hydrogens (tertiary/aromatic N) is 2. The van der Waals surface area contributed by atoms with Gasteiger partial charge in [0.1, 0.15) is 0 Å².